The molecule has 6 nitrogen and oxygen atoms in total. The van der Waals surface area contributed by atoms with Crippen LogP contribution < -0.4 is 5.32 Å². The first-order valence-corrected chi connectivity index (χ1v) is 9.90. The van der Waals surface area contributed by atoms with Crippen molar-refractivity contribution in [3.05, 3.63) is 47.4 Å². The van der Waals surface area contributed by atoms with Crippen molar-refractivity contribution in [3.63, 3.8) is 0 Å². The van der Waals surface area contributed by atoms with Gasteiger partial charge in [-0.1, -0.05) is 11.6 Å². The molecule has 0 aliphatic carbocycles. The molecule has 1 fully saturated rings. The highest BCUT2D eigenvalue weighted by Crippen LogP contribution is 2.29. The number of amides is 1. The molecule has 0 saturated carbocycles. The summed E-state index contributed by atoms with van der Waals surface area (Å²) in [6.45, 7) is 0.997. The zero-order chi connectivity index (χ0) is 17.9. The topological polar surface area (TPSA) is 79.6 Å². The molecular formula is C17H19ClN2O4S. The normalized spacial score (nSPS) is 15.4. The molecule has 1 aliphatic heterocycles. The minimum Gasteiger partial charge on any atom is -0.469 e. The second-order valence-corrected chi connectivity index (χ2v) is 8.20. The number of anilines is 1. The largest absolute Gasteiger partial charge is 0.469 e. The highest BCUT2D eigenvalue weighted by atomic mass is 35.5. The van der Waals surface area contributed by atoms with Gasteiger partial charge in [-0.05, 0) is 43.2 Å². The SMILES string of the molecule is O=C(CCc1ccco1)Nc1ccc(Cl)c(S(=O)(=O)N2CCCC2)c1. The number of hydrogen-bond donors (Lipinski definition) is 1. The van der Waals surface area contributed by atoms with Crippen LogP contribution in [-0.4, -0.2) is 31.7 Å². The summed E-state index contributed by atoms with van der Waals surface area (Å²) in [5.41, 5.74) is 0.409. The van der Waals surface area contributed by atoms with Crippen LogP contribution >= 0.6 is 11.6 Å². The number of furan rings is 1. The van der Waals surface area contributed by atoms with Crippen molar-refractivity contribution in [2.45, 2.75) is 30.6 Å². The highest BCUT2D eigenvalue weighted by Gasteiger charge is 2.29. The van der Waals surface area contributed by atoms with E-state index in [0.717, 1.165) is 18.6 Å². The third-order valence-electron chi connectivity index (χ3n) is 4.08. The fourth-order valence-electron chi connectivity index (χ4n) is 2.76. The molecule has 1 aliphatic rings. The Morgan fingerprint density at radius 3 is 2.68 bits per heavy atom. The second-order valence-electron chi connectivity index (χ2n) is 5.88. The van der Waals surface area contributed by atoms with Crippen LogP contribution in [-0.2, 0) is 21.2 Å². The van der Waals surface area contributed by atoms with Gasteiger partial charge in [0.2, 0.25) is 15.9 Å². The number of halogens is 1. The number of carbonyl (C=O) groups excluding carboxylic acids is 1. The van der Waals surface area contributed by atoms with E-state index >= 15 is 0 Å². The van der Waals surface area contributed by atoms with Gasteiger partial charge >= 0.3 is 0 Å². The Morgan fingerprint density at radius 1 is 1.24 bits per heavy atom. The van der Waals surface area contributed by atoms with Gasteiger partial charge in [-0.3, -0.25) is 4.79 Å². The number of carbonyl (C=O) groups is 1. The molecule has 2 heterocycles. The number of hydrogen-bond acceptors (Lipinski definition) is 4. The summed E-state index contributed by atoms with van der Waals surface area (Å²) in [5.74, 6) is 0.506. The Hall–Kier alpha value is -1.83. The molecule has 0 unspecified atom stereocenters. The van der Waals surface area contributed by atoms with Gasteiger partial charge in [0.1, 0.15) is 10.7 Å². The van der Waals surface area contributed by atoms with E-state index in [0.29, 0.717) is 25.2 Å². The van der Waals surface area contributed by atoms with Crippen molar-refractivity contribution in [1.82, 2.24) is 4.31 Å². The van der Waals surface area contributed by atoms with Crippen LogP contribution in [0.3, 0.4) is 0 Å². The van der Waals surface area contributed by atoms with Crippen LogP contribution in [0.25, 0.3) is 0 Å². The maximum absolute atomic E-state index is 12.7. The minimum absolute atomic E-state index is 0.0277. The molecule has 3 rings (SSSR count). The van der Waals surface area contributed by atoms with E-state index in [1.807, 2.05) is 0 Å². The van der Waals surface area contributed by atoms with Crippen LogP contribution in [0.15, 0.2) is 45.9 Å². The van der Waals surface area contributed by atoms with Gasteiger partial charge in [-0.25, -0.2) is 8.42 Å². The summed E-state index contributed by atoms with van der Waals surface area (Å²) < 4.78 is 32.0. The Balaban J connectivity index is 1.71. The van der Waals surface area contributed by atoms with E-state index < -0.39 is 10.0 Å². The van der Waals surface area contributed by atoms with Crippen LogP contribution in [0.1, 0.15) is 25.0 Å². The lowest BCUT2D eigenvalue weighted by molar-refractivity contribution is -0.116. The van der Waals surface area contributed by atoms with Crippen molar-refractivity contribution in [2.75, 3.05) is 18.4 Å². The van der Waals surface area contributed by atoms with E-state index in [9.17, 15) is 13.2 Å². The fraction of sp³-hybridized carbons (Fsp3) is 0.353. The standard InChI is InChI=1S/C17H19ClN2O4S/c18-15-7-5-13(19-17(21)8-6-14-4-3-11-24-14)12-16(15)25(22,23)20-9-1-2-10-20/h3-5,7,11-12H,1-2,6,8-10H2,(H,19,21). The third-order valence-corrected chi connectivity index (χ3v) is 6.46. The Morgan fingerprint density at radius 2 is 2.00 bits per heavy atom. The smallest absolute Gasteiger partial charge is 0.244 e. The van der Waals surface area contributed by atoms with Gasteiger partial charge in [0.15, 0.2) is 0 Å². The number of aryl methyl sites for hydroxylation is 1. The summed E-state index contributed by atoms with van der Waals surface area (Å²) in [7, 11) is -3.64. The number of nitrogens with zero attached hydrogens (tertiary/aromatic N) is 1. The molecule has 1 amide bonds. The van der Waals surface area contributed by atoms with Crippen molar-refractivity contribution in [1.29, 1.82) is 0 Å². The Kier molecular flexibility index (Phi) is 5.46. The molecule has 8 heteroatoms. The average Bonchev–Trinajstić information content (AvgIpc) is 3.28. The molecule has 1 saturated heterocycles. The lowest BCUT2D eigenvalue weighted by Crippen LogP contribution is -2.28. The first-order chi connectivity index (χ1) is 12.0. The molecular weight excluding hydrogens is 364 g/mol. The van der Waals surface area contributed by atoms with Gasteiger partial charge in [-0.2, -0.15) is 4.31 Å². The summed E-state index contributed by atoms with van der Waals surface area (Å²) in [6, 6.07) is 8.07. The van der Waals surface area contributed by atoms with Gasteiger partial charge < -0.3 is 9.73 Å². The first-order valence-electron chi connectivity index (χ1n) is 8.09. The van der Waals surface area contributed by atoms with Crippen molar-refractivity contribution >= 4 is 33.2 Å². The van der Waals surface area contributed by atoms with Crippen molar-refractivity contribution in [3.8, 4) is 0 Å². The van der Waals surface area contributed by atoms with Crippen LogP contribution in [0.5, 0.6) is 0 Å². The minimum atomic E-state index is -3.64. The maximum atomic E-state index is 12.7. The lowest BCUT2D eigenvalue weighted by Gasteiger charge is -2.17. The van der Waals surface area contributed by atoms with Gasteiger partial charge in [-0.15, -0.1) is 0 Å². The van der Waals surface area contributed by atoms with E-state index in [-0.39, 0.29) is 22.2 Å². The van der Waals surface area contributed by atoms with E-state index in [2.05, 4.69) is 5.32 Å². The van der Waals surface area contributed by atoms with Crippen LogP contribution in [0, 0.1) is 0 Å². The average molecular weight is 383 g/mol. The van der Waals surface area contributed by atoms with Gasteiger partial charge in [0, 0.05) is 31.6 Å². The summed E-state index contributed by atoms with van der Waals surface area (Å²) >= 11 is 6.09. The molecule has 0 atom stereocenters. The summed E-state index contributed by atoms with van der Waals surface area (Å²) in [6.07, 6.45) is 3.97. The highest BCUT2D eigenvalue weighted by molar-refractivity contribution is 7.89. The first kappa shape index (κ1) is 18.0. The summed E-state index contributed by atoms with van der Waals surface area (Å²) in [5, 5.41) is 2.87. The van der Waals surface area contributed by atoms with E-state index in [1.54, 1.807) is 24.5 Å². The predicted octanol–water partition coefficient (Wildman–Crippen LogP) is 3.29. The molecule has 1 aromatic carbocycles. The molecule has 0 radical (unpaired) electrons. The fourth-order valence-corrected chi connectivity index (χ4v) is 4.78. The van der Waals surface area contributed by atoms with E-state index in [4.69, 9.17) is 16.0 Å². The zero-order valence-electron chi connectivity index (χ0n) is 13.6. The molecule has 134 valence electrons. The zero-order valence-corrected chi connectivity index (χ0v) is 15.1. The van der Waals surface area contributed by atoms with Crippen LogP contribution in [0.2, 0.25) is 5.02 Å². The molecule has 1 N–H and O–H groups in total. The maximum Gasteiger partial charge on any atom is 0.244 e. The van der Waals surface area contributed by atoms with E-state index in [1.165, 1.54) is 16.4 Å². The quantitative estimate of drug-likeness (QED) is 0.831. The number of rotatable bonds is 6. The number of sulfonamides is 1. The lowest BCUT2D eigenvalue weighted by atomic mass is 10.2. The Bertz CT molecular complexity index is 844. The third kappa shape index (κ3) is 4.23. The summed E-state index contributed by atoms with van der Waals surface area (Å²) in [4.78, 5) is 12.1. The van der Waals surface area contributed by atoms with Crippen molar-refractivity contribution in [2.24, 2.45) is 0 Å². The second kappa shape index (κ2) is 7.59. The number of nitrogens with one attached hydrogen (secondary N) is 1. The molecule has 25 heavy (non-hydrogen) atoms. The van der Waals surface area contributed by atoms with Crippen LogP contribution in [0.4, 0.5) is 5.69 Å². The number of benzene rings is 1. The predicted molar refractivity (Wildman–Crippen MR) is 95.1 cm³/mol. The monoisotopic (exact) mass is 382 g/mol. The van der Waals surface area contributed by atoms with Gasteiger partial charge in [0.25, 0.3) is 0 Å². The molecule has 1 aromatic heterocycles. The van der Waals surface area contributed by atoms with Crippen molar-refractivity contribution < 1.29 is 17.6 Å². The molecule has 0 spiro atoms. The molecule has 0 bridgehead atoms. The van der Waals surface area contributed by atoms with Gasteiger partial charge in [0.05, 0.1) is 11.3 Å². The molecule has 2 aromatic rings. The Labute approximate surface area is 151 Å².